The highest BCUT2D eigenvalue weighted by molar-refractivity contribution is 6.05. The Morgan fingerprint density at radius 2 is 1.77 bits per heavy atom. The SMILES string of the molecule is NCC(=O)c1ccc(NC(=O)c2cccc([N+](=O)[O-])c2)cc1. The molecular weight excluding hydrogens is 286 g/mol. The first-order valence-corrected chi connectivity index (χ1v) is 6.40. The number of ketones is 1. The minimum absolute atomic E-state index is 0.0839. The van der Waals surface area contributed by atoms with Crippen LogP contribution in [-0.2, 0) is 0 Å². The van der Waals surface area contributed by atoms with Crippen molar-refractivity contribution in [2.45, 2.75) is 0 Å². The molecule has 112 valence electrons. The number of rotatable bonds is 5. The molecule has 0 aromatic heterocycles. The van der Waals surface area contributed by atoms with Gasteiger partial charge < -0.3 is 11.1 Å². The van der Waals surface area contributed by atoms with E-state index in [2.05, 4.69) is 5.32 Å². The summed E-state index contributed by atoms with van der Waals surface area (Å²) in [6.45, 7) is -0.0839. The van der Waals surface area contributed by atoms with Crippen LogP contribution in [0.5, 0.6) is 0 Å². The molecule has 7 heteroatoms. The van der Waals surface area contributed by atoms with Crippen LogP contribution in [0.3, 0.4) is 0 Å². The zero-order chi connectivity index (χ0) is 16.1. The normalized spacial score (nSPS) is 10.0. The van der Waals surface area contributed by atoms with E-state index < -0.39 is 10.8 Å². The molecule has 0 aliphatic heterocycles. The maximum absolute atomic E-state index is 12.0. The summed E-state index contributed by atoms with van der Waals surface area (Å²) in [4.78, 5) is 33.6. The third-order valence-corrected chi connectivity index (χ3v) is 2.97. The number of carbonyl (C=O) groups is 2. The van der Waals surface area contributed by atoms with Crippen molar-refractivity contribution >= 4 is 23.1 Å². The van der Waals surface area contributed by atoms with Crippen LogP contribution in [0.2, 0.25) is 0 Å². The summed E-state index contributed by atoms with van der Waals surface area (Å²) in [6.07, 6.45) is 0. The van der Waals surface area contributed by atoms with Gasteiger partial charge in [-0.15, -0.1) is 0 Å². The minimum atomic E-state index is -0.565. The molecule has 0 bridgehead atoms. The lowest BCUT2D eigenvalue weighted by Crippen LogP contribution is -2.14. The molecule has 0 saturated heterocycles. The van der Waals surface area contributed by atoms with Crippen molar-refractivity contribution in [2.24, 2.45) is 5.73 Å². The van der Waals surface area contributed by atoms with Gasteiger partial charge in [0.25, 0.3) is 11.6 Å². The predicted octanol–water partition coefficient (Wildman–Crippen LogP) is 1.99. The number of non-ortho nitro benzene ring substituents is 1. The second-order valence-corrected chi connectivity index (χ2v) is 4.47. The molecule has 0 spiro atoms. The fraction of sp³-hybridized carbons (Fsp3) is 0.0667. The summed E-state index contributed by atoms with van der Waals surface area (Å²) < 4.78 is 0. The number of nitrogens with two attached hydrogens (primary N) is 1. The summed E-state index contributed by atoms with van der Waals surface area (Å²) >= 11 is 0. The number of nitro groups is 1. The molecule has 2 aromatic carbocycles. The fourth-order valence-corrected chi connectivity index (χ4v) is 1.82. The Morgan fingerprint density at radius 3 is 2.36 bits per heavy atom. The molecule has 2 aromatic rings. The summed E-state index contributed by atoms with van der Waals surface area (Å²) in [5, 5.41) is 13.3. The van der Waals surface area contributed by atoms with E-state index >= 15 is 0 Å². The van der Waals surface area contributed by atoms with Gasteiger partial charge in [-0.3, -0.25) is 19.7 Å². The number of Topliss-reactive ketones (excluding diaryl/α,β-unsaturated/α-hetero) is 1. The summed E-state index contributed by atoms with van der Waals surface area (Å²) in [5.41, 5.74) is 6.22. The summed E-state index contributed by atoms with van der Waals surface area (Å²) in [7, 11) is 0. The number of hydrogen-bond acceptors (Lipinski definition) is 5. The molecule has 0 atom stereocenters. The van der Waals surface area contributed by atoms with Crippen LogP contribution in [0, 0.1) is 10.1 Å². The Labute approximate surface area is 125 Å². The van der Waals surface area contributed by atoms with Crippen LogP contribution in [-0.4, -0.2) is 23.2 Å². The number of nitrogens with one attached hydrogen (secondary N) is 1. The smallest absolute Gasteiger partial charge is 0.270 e. The maximum Gasteiger partial charge on any atom is 0.270 e. The summed E-state index contributed by atoms with van der Waals surface area (Å²) in [5.74, 6) is -0.668. The molecule has 3 N–H and O–H groups in total. The Morgan fingerprint density at radius 1 is 1.09 bits per heavy atom. The predicted molar refractivity (Wildman–Crippen MR) is 80.9 cm³/mol. The fourth-order valence-electron chi connectivity index (χ4n) is 1.82. The quantitative estimate of drug-likeness (QED) is 0.497. The molecule has 22 heavy (non-hydrogen) atoms. The largest absolute Gasteiger partial charge is 0.324 e. The third-order valence-electron chi connectivity index (χ3n) is 2.97. The van der Waals surface area contributed by atoms with E-state index in [0.717, 1.165) is 0 Å². The van der Waals surface area contributed by atoms with Gasteiger partial charge in [0.1, 0.15) is 0 Å². The van der Waals surface area contributed by atoms with Crippen molar-refractivity contribution in [1.29, 1.82) is 0 Å². The Bertz CT molecular complexity index is 726. The van der Waals surface area contributed by atoms with Crippen molar-refractivity contribution in [3.63, 3.8) is 0 Å². The highest BCUT2D eigenvalue weighted by atomic mass is 16.6. The second-order valence-electron chi connectivity index (χ2n) is 4.47. The lowest BCUT2D eigenvalue weighted by atomic mass is 10.1. The zero-order valence-corrected chi connectivity index (χ0v) is 11.5. The number of nitro benzene ring substituents is 1. The second kappa shape index (κ2) is 6.59. The van der Waals surface area contributed by atoms with Crippen LogP contribution in [0.4, 0.5) is 11.4 Å². The number of amides is 1. The van der Waals surface area contributed by atoms with Gasteiger partial charge in [-0.25, -0.2) is 0 Å². The van der Waals surface area contributed by atoms with Gasteiger partial charge in [-0.2, -0.15) is 0 Å². The van der Waals surface area contributed by atoms with E-state index in [1.807, 2.05) is 0 Å². The molecule has 0 saturated carbocycles. The van der Waals surface area contributed by atoms with Gasteiger partial charge in [0.2, 0.25) is 0 Å². The van der Waals surface area contributed by atoms with E-state index in [1.165, 1.54) is 24.3 Å². The van der Waals surface area contributed by atoms with Crippen LogP contribution >= 0.6 is 0 Å². The third kappa shape index (κ3) is 3.53. The van der Waals surface area contributed by atoms with E-state index in [0.29, 0.717) is 11.3 Å². The molecular formula is C15H13N3O4. The Kier molecular flexibility index (Phi) is 4.60. The first-order chi connectivity index (χ1) is 10.5. The molecule has 0 radical (unpaired) electrons. The average Bonchev–Trinajstić information content (AvgIpc) is 2.54. The van der Waals surface area contributed by atoms with E-state index in [4.69, 9.17) is 5.73 Å². The monoisotopic (exact) mass is 299 g/mol. The highest BCUT2D eigenvalue weighted by Crippen LogP contribution is 2.16. The topological polar surface area (TPSA) is 115 Å². The molecule has 0 fully saturated rings. The van der Waals surface area contributed by atoms with Crippen molar-refractivity contribution in [1.82, 2.24) is 0 Å². The first kappa shape index (κ1) is 15.3. The number of anilines is 1. The molecule has 2 rings (SSSR count). The van der Waals surface area contributed by atoms with Crippen LogP contribution in [0.25, 0.3) is 0 Å². The first-order valence-electron chi connectivity index (χ1n) is 6.40. The number of nitrogens with zero attached hydrogens (tertiary/aromatic N) is 1. The van der Waals surface area contributed by atoms with Crippen LogP contribution < -0.4 is 11.1 Å². The van der Waals surface area contributed by atoms with Gasteiger partial charge in [0.05, 0.1) is 11.5 Å². The molecule has 1 amide bonds. The molecule has 0 unspecified atom stereocenters. The van der Waals surface area contributed by atoms with Gasteiger partial charge in [0.15, 0.2) is 5.78 Å². The Balaban J connectivity index is 2.13. The molecule has 7 nitrogen and oxygen atoms in total. The van der Waals surface area contributed by atoms with Crippen molar-refractivity contribution in [2.75, 3.05) is 11.9 Å². The van der Waals surface area contributed by atoms with Crippen molar-refractivity contribution < 1.29 is 14.5 Å². The lowest BCUT2D eigenvalue weighted by Gasteiger charge is -2.06. The maximum atomic E-state index is 12.0. The average molecular weight is 299 g/mol. The summed E-state index contributed by atoms with van der Waals surface area (Å²) in [6, 6.07) is 11.7. The number of carbonyl (C=O) groups excluding carboxylic acids is 2. The van der Waals surface area contributed by atoms with Crippen molar-refractivity contribution in [3.05, 3.63) is 69.8 Å². The van der Waals surface area contributed by atoms with Gasteiger partial charge in [0, 0.05) is 28.9 Å². The standard InChI is InChI=1S/C15H13N3O4/c16-9-14(19)10-4-6-12(7-5-10)17-15(20)11-2-1-3-13(8-11)18(21)22/h1-8H,9,16H2,(H,17,20). The van der Waals surface area contributed by atoms with E-state index in [-0.39, 0.29) is 23.6 Å². The van der Waals surface area contributed by atoms with E-state index in [9.17, 15) is 19.7 Å². The molecule has 0 aliphatic rings. The number of hydrogen-bond donors (Lipinski definition) is 2. The Hall–Kier alpha value is -3.06. The number of benzene rings is 2. The van der Waals surface area contributed by atoms with E-state index in [1.54, 1.807) is 24.3 Å². The molecule has 0 heterocycles. The van der Waals surface area contributed by atoms with Crippen molar-refractivity contribution in [3.8, 4) is 0 Å². The van der Waals surface area contributed by atoms with Crippen LogP contribution in [0.15, 0.2) is 48.5 Å². The van der Waals surface area contributed by atoms with Gasteiger partial charge in [-0.05, 0) is 30.3 Å². The van der Waals surface area contributed by atoms with Gasteiger partial charge >= 0.3 is 0 Å². The minimum Gasteiger partial charge on any atom is -0.324 e. The zero-order valence-electron chi connectivity index (χ0n) is 11.5. The van der Waals surface area contributed by atoms with Crippen LogP contribution in [0.1, 0.15) is 20.7 Å². The molecule has 0 aliphatic carbocycles. The lowest BCUT2D eigenvalue weighted by molar-refractivity contribution is -0.384. The highest BCUT2D eigenvalue weighted by Gasteiger charge is 2.12. The van der Waals surface area contributed by atoms with Gasteiger partial charge in [-0.1, -0.05) is 6.07 Å².